The van der Waals surface area contributed by atoms with Crippen molar-refractivity contribution in [3.8, 4) is 0 Å². The van der Waals surface area contributed by atoms with Crippen molar-refractivity contribution in [2.45, 2.75) is 19.8 Å². The van der Waals surface area contributed by atoms with Crippen LogP contribution in [0.15, 0.2) is 0 Å². The van der Waals surface area contributed by atoms with E-state index < -0.39 is 23.6 Å². The topological polar surface area (TPSA) is 86.7 Å². The lowest BCUT2D eigenvalue weighted by molar-refractivity contribution is -0.156. The van der Waals surface area contributed by atoms with Crippen molar-refractivity contribution in [2.75, 3.05) is 13.7 Å². The summed E-state index contributed by atoms with van der Waals surface area (Å²) in [6, 6.07) is 0. The van der Waals surface area contributed by atoms with Crippen LogP contribution >= 0.6 is 0 Å². The monoisotopic (exact) mass is 230 g/mol. The van der Waals surface area contributed by atoms with Crippen LogP contribution in [0.3, 0.4) is 0 Å². The summed E-state index contributed by atoms with van der Waals surface area (Å²) >= 11 is 0. The van der Waals surface area contributed by atoms with E-state index in [1.165, 1.54) is 7.11 Å². The Balaban J connectivity index is 4.27. The van der Waals surface area contributed by atoms with Crippen LogP contribution in [0.25, 0.3) is 0 Å². The highest BCUT2D eigenvalue weighted by molar-refractivity contribution is 6.37. The average molecular weight is 230 g/mol. The van der Waals surface area contributed by atoms with Gasteiger partial charge in [0.1, 0.15) is 6.29 Å². The van der Waals surface area contributed by atoms with Gasteiger partial charge in [0.2, 0.25) is 5.78 Å². The van der Waals surface area contributed by atoms with E-state index in [9.17, 15) is 19.2 Å². The van der Waals surface area contributed by atoms with Crippen molar-refractivity contribution < 1.29 is 28.7 Å². The Morgan fingerprint density at radius 3 is 2.38 bits per heavy atom. The largest absolute Gasteiger partial charge is 0.469 e. The SMILES string of the molecule is CCOC(=O)C(=O)C(C=O)CCC(=O)OC. The zero-order valence-electron chi connectivity index (χ0n) is 9.23. The molecular weight excluding hydrogens is 216 g/mol. The molecule has 90 valence electrons. The number of esters is 2. The smallest absolute Gasteiger partial charge is 0.375 e. The van der Waals surface area contributed by atoms with E-state index in [2.05, 4.69) is 9.47 Å². The molecule has 0 aliphatic rings. The molecule has 0 rings (SSSR count). The Kier molecular flexibility index (Phi) is 6.74. The quantitative estimate of drug-likeness (QED) is 0.262. The first kappa shape index (κ1) is 14.3. The van der Waals surface area contributed by atoms with Crippen molar-refractivity contribution >= 4 is 24.0 Å². The minimum absolute atomic E-state index is 0.0478. The van der Waals surface area contributed by atoms with Gasteiger partial charge in [-0.05, 0) is 13.3 Å². The van der Waals surface area contributed by atoms with Crippen molar-refractivity contribution in [1.82, 2.24) is 0 Å². The van der Waals surface area contributed by atoms with E-state index in [0.29, 0.717) is 6.29 Å². The second kappa shape index (κ2) is 7.56. The molecule has 0 fully saturated rings. The van der Waals surface area contributed by atoms with Gasteiger partial charge in [0, 0.05) is 6.42 Å². The first-order valence-corrected chi connectivity index (χ1v) is 4.79. The van der Waals surface area contributed by atoms with E-state index in [0.717, 1.165) is 0 Å². The van der Waals surface area contributed by atoms with Crippen LogP contribution in [-0.2, 0) is 28.7 Å². The molecular formula is C10H14O6. The predicted molar refractivity (Wildman–Crippen MR) is 52.4 cm³/mol. The molecule has 16 heavy (non-hydrogen) atoms. The molecule has 0 saturated carbocycles. The molecule has 0 aliphatic carbocycles. The summed E-state index contributed by atoms with van der Waals surface area (Å²) in [5.74, 6) is -3.66. The van der Waals surface area contributed by atoms with Gasteiger partial charge >= 0.3 is 11.9 Å². The molecule has 0 bridgehead atoms. The molecule has 0 aromatic heterocycles. The molecule has 1 unspecified atom stereocenters. The number of ether oxygens (including phenoxy) is 2. The molecule has 0 radical (unpaired) electrons. The van der Waals surface area contributed by atoms with Crippen LogP contribution in [-0.4, -0.2) is 37.7 Å². The van der Waals surface area contributed by atoms with Gasteiger partial charge in [0.05, 0.1) is 19.6 Å². The zero-order chi connectivity index (χ0) is 12.6. The van der Waals surface area contributed by atoms with Gasteiger partial charge in [-0.1, -0.05) is 0 Å². The van der Waals surface area contributed by atoms with Gasteiger partial charge in [0.25, 0.3) is 0 Å². The standard InChI is InChI=1S/C10H14O6/c1-3-16-10(14)9(13)7(6-11)4-5-8(12)15-2/h6-7H,3-5H2,1-2H3. The first-order valence-electron chi connectivity index (χ1n) is 4.79. The number of rotatable bonds is 7. The van der Waals surface area contributed by atoms with Gasteiger partial charge in [-0.15, -0.1) is 0 Å². The van der Waals surface area contributed by atoms with Crippen molar-refractivity contribution in [2.24, 2.45) is 5.92 Å². The maximum absolute atomic E-state index is 11.3. The number of ketones is 1. The second-order valence-corrected chi connectivity index (χ2v) is 2.94. The fraction of sp³-hybridized carbons (Fsp3) is 0.600. The van der Waals surface area contributed by atoms with Crippen molar-refractivity contribution in [3.63, 3.8) is 0 Å². The maximum atomic E-state index is 11.3. The Bertz CT molecular complexity index is 283. The molecule has 0 spiro atoms. The van der Waals surface area contributed by atoms with Crippen LogP contribution in [0.4, 0.5) is 0 Å². The summed E-state index contributed by atoms with van der Waals surface area (Å²) in [5, 5.41) is 0. The Labute approximate surface area is 92.9 Å². The van der Waals surface area contributed by atoms with Gasteiger partial charge in [0.15, 0.2) is 0 Å². The molecule has 0 heterocycles. The summed E-state index contributed by atoms with van der Waals surface area (Å²) in [6.45, 7) is 1.61. The summed E-state index contributed by atoms with van der Waals surface area (Å²) in [4.78, 5) is 43.7. The van der Waals surface area contributed by atoms with Crippen LogP contribution < -0.4 is 0 Å². The normalized spacial score (nSPS) is 11.4. The summed E-state index contributed by atoms with van der Waals surface area (Å²) in [7, 11) is 1.20. The molecule has 0 saturated heterocycles. The molecule has 0 aromatic rings. The van der Waals surface area contributed by atoms with Crippen LogP contribution in [0, 0.1) is 5.92 Å². The summed E-state index contributed by atoms with van der Waals surface area (Å²) in [6.07, 6.45) is 0.196. The Morgan fingerprint density at radius 2 is 1.94 bits per heavy atom. The molecule has 6 nitrogen and oxygen atoms in total. The summed E-state index contributed by atoms with van der Waals surface area (Å²) in [5.41, 5.74) is 0. The lowest BCUT2D eigenvalue weighted by Gasteiger charge is -2.07. The number of carbonyl (C=O) groups is 4. The number of hydrogen-bond acceptors (Lipinski definition) is 6. The Morgan fingerprint density at radius 1 is 1.31 bits per heavy atom. The lowest BCUT2D eigenvalue weighted by atomic mass is 10.00. The first-order chi connectivity index (χ1) is 7.56. The number of hydrogen-bond donors (Lipinski definition) is 0. The molecule has 0 N–H and O–H groups in total. The number of methoxy groups -OCH3 is 1. The van der Waals surface area contributed by atoms with E-state index in [1.807, 2.05) is 0 Å². The molecule has 0 aromatic carbocycles. The third kappa shape index (κ3) is 4.68. The van der Waals surface area contributed by atoms with E-state index in [-0.39, 0.29) is 19.4 Å². The van der Waals surface area contributed by atoms with Crippen molar-refractivity contribution in [1.29, 1.82) is 0 Å². The minimum Gasteiger partial charge on any atom is -0.469 e. The minimum atomic E-state index is -1.14. The van der Waals surface area contributed by atoms with Gasteiger partial charge in [-0.25, -0.2) is 4.79 Å². The van der Waals surface area contributed by atoms with Gasteiger partial charge in [-0.3, -0.25) is 9.59 Å². The highest BCUT2D eigenvalue weighted by Crippen LogP contribution is 2.07. The maximum Gasteiger partial charge on any atom is 0.375 e. The highest BCUT2D eigenvalue weighted by atomic mass is 16.5. The van der Waals surface area contributed by atoms with E-state index in [1.54, 1.807) is 6.92 Å². The fourth-order valence-corrected chi connectivity index (χ4v) is 0.990. The van der Waals surface area contributed by atoms with Crippen molar-refractivity contribution in [3.05, 3.63) is 0 Å². The number of Topliss-reactive ketones (excluding diaryl/α,β-unsaturated/α-hetero) is 1. The lowest BCUT2D eigenvalue weighted by Crippen LogP contribution is -2.27. The molecule has 0 amide bonds. The highest BCUT2D eigenvalue weighted by Gasteiger charge is 2.26. The van der Waals surface area contributed by atoms with Crippen LogP contribution in [0.2, 0.25) is 0 Å². The van der Waals surface area contributed by atoms with Gasteiger partial charge < -0.3 is 14.3 Å². The number of carbonyl (C=O) groups excluding carboxylic acids is 4. The predicted octanol–water partition coefficient (Wildman–Crippen LogP) is -0.113. The van der Waals surface area contributed by atoms with Crippen LogP contribution in [0.1, 0.15) is 19.8 Å². The van der Waals surface area contributed by atoms with Gasteiger partial charge in [-0.2, -0.15) is 0 Å². The second-order valence-electron chi connectivity index (χ2n) is 2.94. The van der Waals surface area contributed by atoms with E-state index >= 15 is 0 Å². The Hall–Kier alpha value is -1.72. The molecule has 1 atom stereocenters. The third-order valence-electron chi connectivity index (χ3n) is 1.86. The zero-order valence-corrected chi connectivity index (χ0v) is 9.23. The average Bonchev–Trinajstić information content (AvgIpc) is 2.29. The molecule has 6 heteroatoms. The fourth-order valence-electron chi connectivity index (χ4n) is 0.990. The molecule has 0 aliphatic heterocycles. The number of aldehydes is 1. The summed E-state index contributed by atoms with van der Waals surface area (Å²) < 4.78 is 8.81. The van der Waals surface area contributed by atoms with E-state index in [4.69, 9.17) is 0 Å². The van der Waals surface area contributed by atoms with Crippen LogP contribution in [0.5, 0.6) is 0 Å². The third-order valence-corrected chi connectivity index (χ3v) is 1.86.